The summed E-state index contributed by atoms with van der Waals surface area (Å²) >= 11 is 0. The van der Waals surface area contributed by atoms with Crippen molar-refractivity contribution >= 4 is 17.1 Å². The average molecular weight is 636 g/mol. The van der Waals surface area contributed by atoms with E-state index in [9.17, 15) is 0 Å². The summed E-state index contributed by atoms with van der Waals surface area (Å²) in [5.41, 5.74) is 17.7. The second-order valence-corrected chi connectivity index (χ2v) is 16.6. The van der Waals surface area contributed by atoms with E-state index in [4.69, 9.17) is 0 Å². The standard InChI is InChI=1S/C48H45N/c1-45(2)30-48(40-23-13-12-22-39(40)45)31-46(3,4)44-41(48)24-15-25-43(44)49(34-19-14-18-33(28-34)32-16-8-7-9-17-32)35-26-27-37-36-20-10-11-21-38(36)47(5,6)42(37)29-35/h7-29H,30-31H2,1-6H3. The quantitative estimate of drug-likeness (QED) is 0.186. The fourth-order valence-corrected chi connectivity index (χ4v) is 10.3. The van der Waals surface area contributed by atoms with E-state index in [-0.39, 0.29) is 21.7 Å². The zero-order chi connectivity index (χ0) is 33.8. The first-order valence-electron chi connectivity index (χ1n) is 18.0. The predicted octanol–water partition coefficient (Wildman–Crippen LogP) is 12.8. The molecule has 0 N–H and O–H groups in total. The van der Waals surface area contributed by atoms with Crippen LogP contribution in [0, 0.1) is 0 Å². The fourth-order valence-electron chi connectivity index (χ4n) is 10.3. The van der Waals surface area contributed by atoms with Crippen molar-refractivity contribution in [1.82, 2.24) is 0 Å². The topological polar surface area (TPSA) is 3.24 Å². The van der Waals surface area contributed by atoms with Crippen molar-refractivity contribution in [2.75, 3.05) is 4.90 Å². The van der Waals surface area contributed by atoms with Gasteiger partial charge in [-0.2, -0.15) is 0 Å². The summed E-state index contributed by atoms with van der Waals surface area (Å²) in [7, 11) is 0. The Bertz CT molecular complexity index is 2270. The first kappa shape index (κ1) is 30.2. The summed E-state index contributed by atoms with van der Waals surface area (Å²) in [6, 6.07) is 52.5. The molecule has 0 radical (unpaired) electrons. The van der Waals surface area contributed by atoms with E-state index >= 15 is 0 Å². The SMILES string of the molecule is CC1(C)CC2(CC(C)(C)c3c(N(c4cccc(-c5ccccc5)c4)c4ccc5c(c4)C(C)(C)c4ccccc4-5)cccc32)c2ccccc21. The van der Waals surface area contributed by atoms with Crippen LogP contribution in [0.1, 0.15) is 87.8 Å². The van der Waals surface area contributed by atoms with Crippen LogP contribution < -0.4 is 4.90 Å². The second kappa shape index (κ2) is 10.3. The minimum atomic E-state index is -0.0827. The van der Waals surface area contributed by atoms with Gasteiger partial charge in [-0.3, -0.25) is 0 Å². The van der Waals surface area contributed by atoms with Crippen molar-refractivity contribution < 1.29 is 0 Å². The van der Waals surface area contributed by atoms with Gasteiger partial charge in [-0.15, -0.1) is 0 Å². The van der Waals surface area contributed by atoms with E-state index in [1.807, 2.05) is 0 Å². The van der Waals surface area contributed by atoms with Crippen molar-refractivity contribution in [3.05, 3.63) is 173 Å². The minimum Gasteiger partial charge on any atom is -0.310 e. The fraction of sp³-hybridized carbons (Fsp3) is 0.250. The molecule has 9 rings (SSSR count). The van der Waals surface area contributed by atoms with Gasteiger partial charge in [0.25, 0.3) is 0 Å². The molecule has 3 aliphatic rings. The van der Waals surface area contributed by atoms with Gasteiger partial charge in [-0.1, -0.05) is 151 Å². The van der Waals surface area contributed by atoms with Crippen molar-refractivity contribution in [3.8, 4) is 22.3 Å². The number of hydrogen-bond acceptors (Lipinski definition) is 1. The third kappa shape index (κ3) is 4.31. The van der Waals surface area contributed by atoms with Gasteiger partial charge >= 0.3 is 0 Å². The molecule has 1 heteroatoms. The molecule has 0 fully saturated rings. The summed E-state index contributed by atoms with van der Waals surface area (Å²) in [5.74, 6) is 0. The number of fused-ring (bicyclic) bond motifs is 7. The van der Waals surface area contributed by atoms with Gasteiger partial charge in [0, 0.05) is 22.2 Å². The van der Waals surface area contributed by atoms with E-state index in [2.05, 4.69) is 186 Å². The molecule has 1 atom stereocenters. The molecule has 1 nitrogen and oxygen atoms in total. The highest BCUT2D eigenvalue weighted by Gasteiger charge is 2.57. The summed E-state index contributed by atoms with van der Waals surface area (Å²) in [6.45, 7) is 14.6. The van der Waals surface area contributed by atoms with Crippen LogP contribution in [0.4, 0.5) is 17.1 Å². The molecular formula is C48H45N. The van der Waals surface area contributed by atoms with E-state index in [1.54, 1.807) is 0 Å². The maximum absolute atomic E-state index is 2.57. The van der Waals surface area contributed by atoms with Crippen LogP contribution in [0.3, 0.4) is 0 Å². The average Bonchev–Trinajstić information content (AvgIpc) is 3.59. The molecule has 49 heavy (non-hydrogen) atoms. The van der Waals surface area contributed by atoms with Gasteiger partial charge in [0.2, 0.25) is 0 Å². The van der Waals surface area contributed by atoms with Crippen molar-refractivity contribution in [2.24, 2.45) is 0 Å². The van der Waals surface area contributed by atoms with Gasteiger partial charge in [0.1, 0.15) is 0 Å². The number of hydrogen-bond donors (Lipinski definition) is 0. The van der Waals surface area contributed by atoms with Crippen LogP contribution in [-0.4, -0.2) is 0 Å². The minimum absolute atomic E-state index is 0.00589. The third-order valence-corrected chi connectivity index (χ3v) is 12.2. The molecule has 0 heterocycles. The summed E-state index contributed by atoms with van der Waals surface area (Å²) < 4.78 is 0. The van der Waals surface area contributed by atoms with E-state index in [0.29, 0.717) is 0 Å². The normalized spacial score (nSPS) is 20.0. The lowest BCUT2D eigenvalue weighted by Gasteiger charge is -2.33. The Morgan fingerprint density at radius 3 is 1.82 bits per heavy atom. The molecule has 242 valence electrons. The van der Waals surface area contributed by atoms with Gasteiger partial charge in [-0.05, 0) is 110 Å². The Kier molecular flexibility index (Phi) is 6.36. The molecule has 0 bridgehead atoms. The van der Waals surface area contributed by atoms with Gasteiger partial charge in [-0.25, -0.2) is 0 Å². The number of nitrogens with zero attached hydrogens (tertiary/aromatic N) is 1. The van der Waals surface area contributed by atoms with Crippen LogP contribution >= 0.6 is 0 Å². The summed E-state index contributed by atoms with van der Waals surface area (Å²) in [5, 5.41) is 0. The predicted molar refractivity (Wildman–Crippen MR) is 207 cm³/mol. The molecule has 6 aromatic carbocycles. The lowest BCUT2D eigenvalue weighted by molar-refractivity contribution is 0.350. The van der Waals surface area contributed by atoms with Gasteiger partial charge in [0.15, 0.2) is 0 Å². The van der Waals surface area contributed by atoms with E-state index in [0.717, 1.165) is 12.8 Å². The highest BCUT2D eigenvalue weighted by atomic mass is 15.1. The Morgan fingerprint density at radius 2 is 1.02 bits per heavy atom. The zero-order valence-electron chi connectivity index (χ0n) is 29.6. The number of rotatable bonds is 4. The monoisotopic (exact) mass is 635 g/mol. The molecule has 0 amide bonds. The molecule has 0 aromatic heterocycles. The van der Waals surface area contributed by atoms with Crippen LogP contribution in [0.2, 0.25) is 0 Å². The molecule has 0 saturated carbocycles. The maximum Gasteiger partial charge on any atom is 0.0502 e. The number of benzene rings is 6. The molecule has 1 spiro atoms. The first-order valence-corrected chi connectivity index (χ1v) is 18.0. The summed E-state index contributed by atoms with van der Waals surface area (Å²) in [4.78, 5) is 2.57. The zero-order valence-corrected chi connectivity index (χ0v) is 29.6. The van der Waals surface area contributed by atoms with E-state index in [1.165, 1.54) is 72.7 Å². The van der Waals surface area contributed by atoms with Crippen LogP contribution in [-0.2, 0) is 21.7 Å². The van der Waals surface area contributed by atoms with Crippen molar-refractivity contribution in [3.63, 3.8) is 0 Å². The Labute approximate surface area is 292 Å². The van der Waals surface area contributed by atoms with Crippen LogP contribution in [0.15, 0.2) is 140 Å². The van der Waals surface area contributed by atoms with Crippen LogP contribution in [0.25, 0.3) is 22.3 Å². The van der Waals surface area contributed by atoms with E-state index < -0.39 is 0 Å². The molecule has 0 aliphatic heterocycles. The Hall–Kier alpha value is -4.88. The van der Waals surface area contributed by atoms with Crippen molar-refractivity contribution in [1.29, 1.82) is 0 Å². The molecular weight excluding hydrogens is 591 g/mol. The van der Waals surface area contributed by atoms with Gasteiger partial charge < -0.3 is 4.90 Å². The van der Waals surface area contributed by atoms with Crippen molar-refractivity contribution in [2.45, 2.75) is 76.0 Å². The lowest BCUT2D eigenvalue weighted by atomic mass is 9.72. The molecule has 6 aromatic rings. The Balaban J connectivity index is 1.29. The molecule has 3 aliphatic carbocycles. The first-order chi connectivity index (χ1) is 23.5. The summed E-state index contributed by atoms with van der Waals surface area (Å²) in [6.07, 6.45) is 2.24. The largest absolute Gasteiger partial charge is 0.310 e. The van der Waals surface area contributed by atoms with Gasteiger partial charge in [0.05, 0.1) is 5.69 Å². The Morgan fingerprint density at radius 1 is 0.429 bits per heavy atom. The highest BCUT2D eigenvalue weighted by Crippen LogP contribution is 2.64. The third-order valence-electron chi connectivity index (χ3n) is 12.2. The van der Waals surface area contributed by atoms with Crippen LogP contribution in [0.5, 0.6) is 0 Å². The highest BCUT2D eigenvalue weighted by molar-refractivity contribution is 5.88. The molecule has 1 unspecified atom stereocenters. The second-order valence-electron chi connectivity index (χ2n) is 16.6. The smallest absolute Gasteiger partial charge is 0.0502 e. The maximum atomic E-state index is 2.57. The molecule has 0 saturated heterocycles. The lowest BCUT2D eigenvalue weighted by Crippen LogP contribution is -2.26. The number of anilines is 3.